The Balaban J connectivity index is 1.60. The minimum atomic E-state index is -0.174. The number of fused-ring (bicyclic) bond motifs is 1. The van der Waals surface area contributed by atoms with E-state index in [0.29, 0.717) is 0 Å². The third-order valence-corrected chi connectivity index (χ3v) is 4.65. The van der Waals surface area contributed by atoms with Crippen LogP contribution < -0.4 is 5.32 Å². The zero-order chi connectivity index (χ0) is 14.7. The number of aromatic nitrogens is 1. The van der Waals surface area contributed by atoms with Crippen molar-refractivity contribution in [3.8, 4) is 0 Å². The lowest BCUT2D eigenvalue weighted by atomic mass is 10.1. The molecule has 0 radical (unpaired) electrons. The summed E-state index contributed by atoms with van der Waals surface area (Å²) in [6.07, 6.45) is 0.812. The molecule has 0 saturated carbocycles. The van der Waals surface area contributed by atoms with Gasteiger partial charge in [-0.05, 0) is 49.7 Å². The quantitative estimate of drug-likeness (QED) is 0.758. The topological polar surface area (TPSA) is 24.9 Å². The van der Waals surface area contributed by atoms with Gasteiger partial charge in [0, 0.05) is 0 Å². The van der Waals surface area contributed by atoms with Crippen molar-refractivity contribution in [2.75, 3.05) is 6.54 Å². The summed E-state index contributed by atoms with van der Waals surface area (Å²) in [6, 6.07) is 15.1. The number of halogens is 1. The summed E-state index contributed by atoms with van der Waals surface area (Å²) in [7, 11) is 0. The Hall–Kier alpha value is -1.78. The second-order valence-electron chi connectivity index (χ2n) is 5.08. The Morgan fingerprint density at radius 1 is 1.19 bits per heavy atom. The van der Waals surface area contributed by atoms with Crippen LogP contribution in [0.3, 0.4) is 0 Å². The van der Waals surface area contributed by atoms with E-state index in [1.54, 1.807) is 23.5 Å². The van der Waals surface area contributed by atoms with Crippen LogP contribution in [0.25, 0.3) is 10.2 Å². The molecule has 2 aromatic carbocycles. The highest BCUT2D eigenvalue weighted by Crippen LogP contribution is 2.25. The van der Waals surface area contributed by atoms with Crippen LogP contribution in [-0.4, -0.2) is 11.5 Å². The van der Waals surface area contributed by atoms with Gasteiger partial charge in [0.2, 0.25) is 0 Å². The van der Waals surface area contributed by atoms with Gasteiger partial charge in [-0.3, -0.25) is 0 Å². The van der Waals surface area contributed by atoms with Gasteiger partial charge in [-0.2, -0.15) is 0 Å². The fraction of sp³-hybridized carbons (Fsp3) is 0.235. The number of nitrogens with one attached hydrogen (secondary N) is 1. The normalized spacial score (nSPS) is 12.7. The van der Waals surface area contributed by atoms with Gasteiger partial charge in [-0.1, -0.05) is 24.3 Å². The number of nitrogens with zero attached hydrogens (tertiary/aromatic N) is 1. The fourth-order valence-electron chi connectivity index (χ4n) is 2.29. The van der Waals surface area contributed by atoms with E-state index in [2.05, 4.69) is 23.3 Å². The van der Waals surface area contributed by atoms with Crippen molar-refractivity contribution in [2.45, 2.75) is 19.4 Å². The molecular formula is C17H17FN2S. The lowest BCUT2D eigenvalue weighted by molar-refractivity contribution is 0.572. The zero-order valence-electron chi connectivity index (χ0n) is 11.8. The number of hydrogen-bond donors (Lipinski definition) is 1. The van der Waals surface area contributed by atoms with Gasteiger partial charge >= 0.3 is 0 Å². The molecule has 108 valence electrons. The molecule has 4 heteroatoms. The number of hydrogen-bond acceptors (Lipinski definition) is 3. The van der Waals surface area contributed by atoms with Crippen LogP contribution >= 0.6 is 11.3 Å². The minimum absolute atomic E-state index is 0.174. The molecule has 0 spiro atoms. The molecule has 0 amide bonds. The van der Waals surface area contributed by atoms with Crippen molar-refractivity contribution < 1.29 is 4.39 Å². The van der Waals surface area contributed by atoms with Crippen LogP contribution in [0.2, 0.25) is 0 Å². The maximum absolute atomic E-state index is 13.1. The van der Waals surface area contributed by atoms with Crippen molar-refractivity contribution in [1.82, 2.24) is 10.3 Å². The molecule has 0 fully saturated rings. The van der Waals surface area contributed by atoms with Crippen LogP contribution in [0.5, 0.6) is 0 Å². The zero-order valence-corrected chi connectivity index (χ0v) is 12.7. The summed E-state index contributed by atoms with van der Waals surface area (Å²) < 4.78 is 14.3. The highest BCUT2D eigenvalue weighted by atomic mass is 32.1. The molecule has 1 N–H and O–H groups in total. The first-order chi connectivity index (χ1) is 10.2. The molecule has 3 aromatic rings. The number of rotatable bonds is 5. The van der Waals surface area contributed by atoms with E-state index < -0.39 is 0 Å². The molecule has 0 aliphatic rings. The van der Waals surface area contributed by atoms with Gasteiger partial charge in [-0.25, -0.2) is 9.37 Å². The van der Waals surface area contributed by atoms with Gasteiger partial charge in [0.15, 0.2) is 0 Å². The highest BCUT2D eigenvalue weighted by molar-refractivity contribution is 7.18. The van der Waals surface area contributed by atoms with E-state index in [9.17, 15) is 4.39 Å². The van der Waals surface area contributed by atoms with E-state index in [1.165, 1.54) is 10.8 Å². The molecule has 0 aliphatic heterocycles. The van der Waals surface area contributed by atoms with Crippen LogP contribution in [0.4, 0.5) is 4.39 Å². The fourth-order valence-corrected chi connectivity index (χ4v) is 3.28. The maximum atomic E-state index is 13.1. The lowest BCUT2D eigenvalue weighted by Gasteiger charge is -2.10. The van der Waals surface area contributed by atoms with Gasteiger partial charge in [0.25, 0.3) is 0 Å². The average molecular weight is 300 g/mol. The monoisotopic (exact) mass is 300 g/mol. The van der Waals surface area contributed by atoms with Gasteiger partial charge in [0.1, 0.15) is 10.8 Å². The SMILES string of the molecule is CC(NCCc1cccc(F)c1)c1nc2ccccc2s1. The number of benzene rings is 2. The lowest BCUT2D eigenvalue weighted by Crippen LogP contribution is -2.21. The van der Waals surface area contributed by atoms with Crippen LogP contribution in [0, 0.1) is 5.82 Å². The summed E-state index contributed by atoms with van der Waals surface area (Å²) >= 11 is 1.72. The first-order valence-corrected chi connectivity index (χ1v) is 7.87. The molecule has 0 saturated heterocycles. The third kappa shape index (κ3) is 3.46. The summed E-state index contributed by atoms with van der Waals surface area (Å²) in [5, 5.41) is 4.55. The molecule has 0 aliphatic carbocycles. The maximum Gasteiger partial charge on any atom is 0.123 e. The van der Waals surface area contributed by atoms with Crippen molar-refractivity contribution in [3.05, 3.63) is 64.9 Å². The van der Waals surface area contributed by atoms with Gasteiger partial charge in [-0.15, -0.1) is 11.3 Å². The number of thiazole rings is 1. The molecule has 3 rings (SSSR count). The Bertz CT molecular complexity index is 705. The van der Waals surface area contributed by atoms with E-state index in [1.807, 2.05) is 24.3 Å². The molecular weight excluding hydrogens is 283 g/mol. The van der Waals surface area contributed by atoms with Crippen molar-refractivity contribution in [3.63, 3.8) is 0 Å². The van der Waals surface area contributed by atoms with E-state index in [-0.39, 0.29) is 11.9 Å². The average Bonchev–Trinajstić information content (AvgIpc) is 2.91. The second-order valence-corrected chi connectivity index (χ2v) is 6.14. The van der Waals surface area contributed by atoms with Crippen molar-refractivity contribution >= 4 is 21.6 Å². The van der Waals surface area contributed by atoms with Crippen LogP contribution in [-0.2, 0) is 6.42 Å². The molecule has 1 heterocycles. The Morgan fingerprint density at radius 2 is 2.05 bits per heavy atom. The predicted octanol–water partition coefficient (Wildman–Crippen LogP) is 4.33. The highest BCUT2D eigenvalue weighted by Gasteiger charge is 2.10. The van der Waals surface area contributed by atoms with Gasteiger partial charge < -0.3 is 5.32 Å². The Morgan fingerprint density at radius 3 is 2.86 bits per heavy atom. The first kappa shape index (κ1) is 14.2. The molecule has 1 unspecified atom stereocenters. The third-order valence-electron chi connectivity index (χ3n) is 3.43. The second kappa shape index (κ2) is 6.33. The van der Waals surface area contributed by atoms with Gasteiger partial charge in [0.05, 0.1) is 16.3 Å². The first-order valence-electron chi connectivity index (χ1n) is 7.05. The van der Waals surface area contributed by atoms with E-state index in [0.717, 1.165) is 29.1 Å². The standard InChI is InChI=1S/C17H17FN2S/c1-12(17-20-15-7-2-3-8-16(15)21-17)19-10-9-13-5-4-6-14(18)11-13/h2-8,11-12,19H,9-10H2,1H3. The molecule has 1 aromatic heterocycles. The summed E-state index contributed by atoms with van der Waals surface area (Å²) in [5.74, 6) is -0.174. The van der Waals surface area contributed by atoms with E-state index >= 15 is 0 Å². The van der Waals surface area contributed by atoms with E-state index in [4.69, 9.17) is 0 Å². The smallest absolute Gasteiger partial charge is 0.123 e. The van der Waals surface area contributed by atoms with Crippen molar-refractivity contribution in [1.29, 1.82) is 0 Å². The largest absolute Gasteiger partial charge is 0.308 e. The van der Waals surface area contributed by atoms with Crippen molar-refractivity contribution in [2.24, 2.45) is 0 Å². The number of para-hydroxylation sites is 1. The predicted molar refractivity (Wildman–Crippen MR) is 86.1 cm³/mol. The molecule has 1 atom stereocenters. The summed E-state index contributed by atoms with van der Waals surface area (Å²) in [5.41, 5.74) is 2.07. The minimum Gasteiger partial charge on any atom is -0.308 e. The Kier molecular flexibility index (Phi) is 4.27. The summed E-state index contributed by atoms with van der Waals surface area (Å²) in [6.45, 7) is 2.92. The molecule has 0 bridgehead atoms. The van der Waals surface area contributed by atoms with Crippen LogP contribution in [0.1, 0.15) is 23.5 Å². The Labute approximate surface area is 127 Å². The van der Waals surface area contributed by atoms with Crippen LogP contribution in [0.15, 0.2) is 48.5 Å². The molecule has 2 nitrogen and oxygen atoms in total. The molecule has 21 heavy (non-hydrogen) atoms. The summed E-state index contributed by atoms with van der Waals surface area (Å²) in [4.78, 5) is 4.65.